The Kier molecular flexibility index (Phi) is 7.35. The van der Waals surface area contributed by atoms with Crippen LogP contribution in [0.3, 0.4) is 0 Å². The monoisotopic (exact) mass is 384 g/mol. The third-order valence-corrected chi connectivity index (χ3v) is 6.45. The summed E-state index contributed by atoms with van der Waals surface area (Å²) >= 11 is 0. The van der Waals surface area contributed by atoms with Gasteiger partial charge in [-0.15, -0.1) is 0 Å². The molecular weight excluding hydrogens is 356 g/mol. The molecule has 0 aromatic heterocycles. The molecule has 0 saturated heterocycles. The summed E-state index contributed by atoms with van der Waals surface area (Å²) in [5.74, 6) is -1.73. The number of carboxylic acid groups (broad SMARTS) is 1. The minimum atomic E-state index is -3.71. The molecule has 7 nitrogen and oxygen atoms in total. The second kappa shape index (κ2) is 8.64. The molecule has 0 aliphatic heterocycles. The van der Waals surface area contributed by atoms with Crippen molar-refractivity contribution in [3.63, 3.8) is 0 Å². The highest BCUT2D eigenvalue weighted by Crippen LogP contribution is 2.21. The molecule has 1 aromatic carbocycles. The molecule has 0 fully saturated rings. The van der Waals surface area contributed by atoms with Gasteiger partial charge in [0, 0.05) is 18.7 Å². The molecule has 0 spiro atoms. The standard InChI is InChI=1S/C18H28N2O5S/c1-6-11-18(5,17(22)23)19-16(21)15-12-14(10-9-13(15)4)26(24,25)20(7-2)8-3/h9-10,12H,6-8,11H2,1-5H3,(H,19,21)(H,22,23). The summed E-state index contributed by atoms with van der Waals surface area (Å²) in [6.45, 7) is 9.08. The van der Waals surface area contributed by atoms with E-state index in [-0.39, 0.29) is 16.9 Å². The Bertz CT molecular complexity index is 772. The number of aryl methyl sites for hydroxylation is 1. The maximum absolute atomic E-state index is 12.7. The highest BCUT2D eigenvalue weighted by Gasteiger charge is 2.34. The second-order valence-electron chi connectivity index (χ2n) is 6.41. The molecule has 1 unspecified atom stereocenters. The van der Waals surface area contributed by atoms with Gasteiger partial charge in [-0.05, 0) is 38.0 Å². The maximum Gasteiger partial charge on any atom is 0.329 e. The van der Waals surface area contributed by atoms with Gasteiger partial charge in [-0.3, -0.25) is 4.79 Å². The maximum atomic E-state index is 12.7. The molecule has 8 heteroatoms. The average molecular weight is 384 g/mol. The van der Waals surface area contributed by atoms with Gasteiger partial charge in [-0.25, -0.2) is 13.2 Å². The molecular formula is C18H28N2O5S. The molecule has 0 bridgehead atoms. The molecule has 0 heterocycles. The molecule has 2 N–H and O–H groups in total. The molecule has 0 aliphatic carbocycles. The van der Waals surface area contributed by atoms with Crippen LogP contribution in [0.15, 0.2) is 23.1 Å². The number of benzene rings is 1. The van der Waals surface area contributed by atoms with Crippen LogP contribution in [0.1, 0.15) is 56.5 Å². The zero-order valence-electron chi connectivity index (χ0n) is 16.0. The van der Waals surface area contributed by atoms with Crippen molar-refractivity contribution in [1.82, 2.24) is 9.62 Å². The van der Waals surface area contributed by atoms with E-state index in [0.29, 0.717) is 25.1 Å². The molecule has 1 rings (SSSR count). The van der Waals surface area contributed by atoms with Crippen molar-refractivity contribution in [2.24, 2.45) is 0 Å². The summed E-state index contributed by atoms with van der Waals surface area (Å²) in [5, 5.41) is 12.0. The summed E-state index contributed by atoms with van der Waals surface area (Å²) < 4.78 is 26.7. The third kappa shape index (κ3) is 4.62. The number of rotatable bonds is 9. The van der Waals surface area contributed by atoms with E-state index >= 15 is 0 Å². The number of carbonyl (C=O) groups is 2. The van der Waals surface area contributed by atoms with Crippen LogP contribution >= 0.6 is 0 Å². The summed E-state index contributed by atoms with van der Waals surface area (Å²) in [4.78, 5) is 24.2. The van der Waals surface area contributed by atoms with Gasteiger partial charge in [0.2, 0.25) is 10.0 Å². The summed E-state index contributed by atoms with van der Waals surface area (Å²) in [6, 6.07) is 4.33. The average Bonchev–Trinajstić information content (AvgIpc) is 2.55. The quantitative estimate of drug-likeness (QED) is 0.680. The number of amides is 1. The highest BCUT2D eigenvalue weighted by molar-refractivity contribution is 7.89. The van der Waals surface area contributed by atoms with Crippen LogP contribution in [0, 0.1) is 6.92 Å². The molecule has 26 heavy (non-hydrogen) atoms. The minimum Gasteiger partial charge on any atom is -0.480 e. The number of nitrogens with one attached hydrogen (secondary N) is 1. The molecule has 0 radical (unpaired) electrons. The molecule has 1 amide bonds. The molecule has 0 saturated carbocycles. The Labute approximate surface area is 155 Å². The van der Waals surface area contributed by atoms with Gasteiger partial charge < -0.3 is 10.4 Å². The Morgan fingerprint density at radius 3 is 2.23 bits per heavy atom. The van der Waals surface area contributed by atoms with Gasteiger partial charge >= 0.3 is 5.97 Å². The fraction of sp³-hybridized carbons (Fsp3) is 0.556. The highest BCUT2D eigenvalue weighted by atomic mass is 32.2. The lowest BCUT2D eigenvalue weighted by atomic mass is 9.95. The number of sulfonamides is 1. The van der Waals surface area contributed by atoms with Crippen molar-refractivity contribution in [3.05, 3.63) is 29.3 Å². The first-order valence-electron chi connectivity index (χ1n) is 8.70. The normalized spacial score (nSPS) is 14.1. The van der Waals surface area contributed by atoms with Crippen molar-refractivity contribution in [3.8, 4) is 0 Å². The van der Waals surface area contributed by atoms with Crippen LogP contribution in [-0.4, -0.2) is 48.3 Å². The number of hydrogen-bond donors (Lipinski definition) is 2. The zero-order chi connectivity index (χ0) is 20.1. The number of aliphatic carboxylic acids is 1. The van der Waals surface area contributed by atoms with Crippen LogP contribution in [0.25, 0.3) is 0 Å². The van der Waals surface area contributed by atoms with Crippen LogP contribution < -0.4 is 5.32 Å². The lowest BCUT2D eigenvalue weighted by Crippen LogP contribution is -2.52. The molecule has 1 aromatic rings. The number of carbonyl (C=O) groups excluding carboxylic acids is 1. The van der Waals surface area contributed by atoms with Crippen LogP contribution in [0.2, 0.25) is 0 Å². The fourth-order valence-electron chi connectivity index (χ4n) is 2.76. The van der Waals surface area contributed by atoms with Crippen molar-refractivity contribution in [1.29, 1.82) is 0 Å². The van der Waals surface area contributed by atoms with Crippen molar-refractivity contribution in [2.75, 3.05) is 13.1 Å². The molecule has 0 aliphatic rings. The van der Waals surface area contributed by atoms with E-state index in [1.165, 1.54) is 23.4 Å². The SMILES string of the molecule is CCCC(C)(NC(=O)c1cc(S(=O)(=O)N(CC)CC)ccc1C)C(=O)O. The first kappa shape index (κ1) is 22.1. The van der Waals surface area contributed by atoms with Crippen LogP contribution in [0.4, 0.5) is 0 Å². The van der Waals surface area contributed by atoms with Crippen molar-refractivity contribution < 1.29 is 23.1 Å². The van der Waals surface area contributed by atoms with E-state index in [4.69, 9.17) is 0 Å². The number of nitrogens with zero attached hydrogens (tertiary/aromatic N) is 1. The first-order chi connectivity index (χ1) is 12.0. The zero-order valence-corrected chi connectivity index (χ0v) is 16.8. The van der Waals surface area contributed by atoms with E-state index in [0.717, 1.165) is 0 Å². The molecule has 146 valence electrons. The summed E-state index contributed by atoms with van der Waals surface area (Å²) in [7, 11) is -3.71. The van der Waals surface area contributed by atoms with Crippen LogP contribution in [0.5, 0.6) is 0 Å². The van der Waals surface area contributed by atoms with Crippen LogP contribution in [-0.2, 0) is 14.8 Å². The molecule has 1 atom stereocenters. The Morgan fingerprint density at radius 1 is 1.19 bits per heavy atom. The van der Waals surface area contributed by atoms with E-state index in [9.17, 15) is 23.1 Å². The van der Waals surface area contributed by atoms with Gasteiger partial charge in [0.25, 0.3) is 5.91 Å². The second-order valence-corrected chi connectivity index (χ2v) is 8.35. The third-order valence-electron chi connectivity index (χ3n) is 4.41. The van der Waals surface area contributed by atoms with Gasteiger partial charge in [-0.1, -0.05) is 33.3 Å². The number of hydrogen-bond acceptors (Lipinski definition) is 4. The predicted octanol–water partition coefficient (Wildman–Crippen LogP) is 2.40. The minimum absolute atomic E-state index is 0.0180. The predicted molar refractivity (Wildman–Crippen MR) is 99.7 cm³/mol. The van der Waals surface area contributed by atoms with E-state index < -0.39 is 27.4 Å². The smallest absolute Gasteiger partial charge is 0.329 e. The first-order valence-corrected chi connectivity index (χ1v) is 10.1. The van der Waals surface area contributed by atoms with Crippen molar-refractivity contribution in [2.45, 2.75) is 57.9 Å². The van der Waals surface area contributed by atoms with E-state index in [1.807, 2.05) is 6.92 Å². The van der Waals surface area contributed by atoms with Crippen molar-refractivity contribution >= 4 is 21.9 Å². The Hall–Kier alpha value is -1.93. The summed E-state index contributed by atoms with van der Waals surface area (Å²) in [6.07, 6.45) is 0.850. The fourth-order valence-corrected chi connectivity index (χ4v) is 4.24. The largest absolute Gasteiger partial charge is 0.480 e. The summed E-state index contributed by atoms with van der Waals surface area (Å²) in [5.41, 5.74) is -0.682. The van der Waals surface area contributed by atoms with Gasteiger partial charge in [0.1, 0.15) is 5.54 Å². The van der Waals surface area contributed by atoms with Gasteiger partial charge in [0.15, 0.2) is 0 Å². The Morgan fingerprint density at radius 2 is 1.77 bits per heavy atom. The van der Waals surface area contributed by atoms with Gasteiger partial charge in [0.05, 0.1) is 4.90 Å². The van der Waals surface area contributed by atoms with Gasteiger partial charge in [-0.2, -0.15) is 4.31 Å². The van der Waals surface area contributed by atoms with E-state index in [2.05, 4.69) is 5.32 Å². The topological polar surface area (TPSA) is 104 Å². The number of carboxylic acids is 1. The van der Waals surface area contributed by atoms with E-state index in [1.54, 1.807) is 26.8 Å². The Balaban J connectivity index is 3.30. The lowest BCUT2D eigenvalue weighted by Gasteiger charge is -2.26. The lowest BCUT2D eigenvalue weighted by molar-refractivity contribution is -0.144.